The molecule has 0 saturated carbocycles. The minimum Gasteiger partial charge on any atom is -0.383 e. The molecule has 0 aliphatic rings. The third kappa shape index (κ3) is 4.96. The maximum Gasteiger partial charge on any atom is 0.254 e. The number of hydrogen-bond donors (Lipinski definition) is 2. The van der Waals surface area contributed by atoms with Crippen LogP contribution in [-0.2, 0) is 17.6 Å². The first-order valence-corrected chi connectivity index (χ1v) is 10.8. The molecule has 0 saturated heterocycles. The number of Topliss-reactive ketones (excluding diaryl/α,β-unsaturated/α-hetero) is 1. The minimum absolute atomic E-state index is 0.0186. The van der Waals surface area contributed by atoms with Crippen LogP contribution in [0.1, 0.15) is 41.5 Å². The molecule has 0 aliphatic heterocycles. The molecule has 0 atom stereocenters. The third-order valence-electron chi connectivity index (χ3n) is 5.45. The number of ketones is 1. The van der Waals surface area contributed by atoms with Crippen LogP contribution in [0, 0.1) is 11.6 Å². The average Bonchev–Trinajstić information content (AvgIpc) is 3.38. The van der Waals surface area contributed by atoms with Crippen molar-refractivity contribution < 1.29 is 22.9 Å². The molecule has 0 spiro atoms. The topological polar surface area (TPSA) is 130 Å². The number of amides is 1. The summed E-state index contributed by atoms with van der Waals surface area (Å²) < 4.78 is 33.7. The number of nitrogen functional groups attached to an aromatic ring is 1. The molecule has 2 heterocycles. The lowest BCUT2D eigenvalue weighted by molar-refractivity contribution is -0.117. The molecule has 4 rings (SSSR count). The van der Waals surface area contributed by atoms with E-state index in [0.29, 0.717) is 17.0 Å². The zero-order valence-corrected chi connectivity index (χ0v) is 19.1. The second-order valence-corrected chi connectivity index (χ2v) is 8.41. The lowest BCUT2D eigenvalue weighted by atomic mass is 10.0. The molecule has 0 unspecified atom stereocenters. The fourth-order valence-corrected chi connectivity index (χ4v) is 3.77. The van der Waals surface area contributed by atoms with Crippen molar-refractivity contribution in [1.29, 1.82) is 0 Å². The van der Waals surface area contributed by atoms with Crippen molar-refractivity contribution in [1.82, 2.24) is 14.9 Å². The lowest BCUT2D eigenvalue weighted by Gasteiger charge is -2.06. The van der Waals surface area contributed by atoms with E-state index in [1.165, 1.54) is 16.8 Å². The Morgan fingerprint density at radius 3 is 2.40 bits per heavy atom. The van der Waals surface area contributed by atoms with Crippen molar-refractivity contribution in [3.05, 3.63) is 77.0 Å². The Bertz CT molecular complexity index is 1410. The first-order valence-electron chi connectivity index (χ1n) is 10.8. The zero-order valence-electron chi connectivity index (χ0n) is 19.1. The van der Waals surface area contributed by atoms with E-state index in [4.69, 9.17) is 16.0 Å². The SMILES string of the molecule is CC(C)n1nc(-c2ccc(CC(=O)Cc3cc(-c4ccc(F)cc4F)on3)cc2)c(C(N)=O)c1N. The molecule has 0 bridgehead atoms. The number of halogens is 2. The Hall–Kier alpha value is -4.34. The molecular weight excluding hydrogens is 456 g/mol. The van der Waals surface area contributed by atoms with Crippen LogP contribution in [0.4, 0.5) is 14.6 Å². The molecule has 0 aliphatic carbocycles. The zero-order chi connectivity index (χ0) is 25.3. The highest BCUT2D eigenvalue weighted by atomic mass is 19.1. The third-order valence-corrected chi connectivity index (χ3v) is 5.45. The molecule has 35 heavy (non-hydrogen) atoms. The molecule has 8 nitrogen and oxygen atoms in total. The van der Waals surface area contributed by atoms with Crippen molar-refractivity contribution in [3.63, 3.8) is 0 Å². The van der Waals surface area contributed by atoms with E-state index in [1.807, 2.05) is 13.8 Å². The summed E-state index contributed by atoms with van der Waals surface area (Å²) in [7, 11) is 0. The van der Waals surface area contributed by atoms with E-state index in [9.17, 15) is 18.4 Å². The van der Waals surface area contributed by atoms with Crippen molar-refractivity contribution in [2.75, 3.05) is 5.73 Å². The van der Waals surface area contributed by atoms with Crippen molar-refractivity contribution in [2.45, 2.75) is 32.7 Å². The summed E-state index contributed by atoms with van der Waals surface area (Å²) in [6.45, 7) is 3.78. The Morgan fingerprint density at radius 1 is 1.06 bits per heavy atom. The number of primary amides is 1. The maximum absolute atomic E-state index is 13.9. The molecule has 4 N–H and O–H groups in total. The highest BCUT2D eigenvalue weighted by Crippen LogP contribution is 2.29. The van der Waals surface area contributed by atoms with Gasteiger partial charge in [-0.05, 0) is 31.5 Å². The smallest absolute Gasteiger partial charge is 0.254 e. The number of rotatable bonds is 8. The van der Waals surface area contributed by atoms with Crippen LogP contribution in [0.25, 0.3) is 22.6 Å². The number of nitrogens with two attached hydrogens (primary N) is 2. The van der Waals surface area contributed by atoms with Crippen LogP contribution >= 0.6 is 0 Å². The normalized spacial score (nSPS) is 11.2. The van der Waals surface area contributed by atoms with Gasteiger partial charge in [0.05, 0.1) is 17.7 Å². The van der Waals surface area contributed by atoms with E-state index < -0.39 is 17.5 Å². The number of anilines is 1. The Labute approximate surface area is 199 Å². The maximum atomic E-state index is 13.9. The number of aromatic nitrogens is 3. The lowest BCUT2D eigenvalue weighted by Crippen LogP contribution is -2.15. The minimum atomic E-state index is -0.779. The number of carbonyl (C=O) groups is 2. The van der Waals surface area contributed by atoms with Crippen LogP contribution < -0.4 is 11.5 Å². The average molecular weight is 479 g/mol. The second kappa shape index (κ2) is 9.49. The van der Waals surface area contributed by atoms with Gasteiger partial charge in [0.2, 0.25) is 0 Å². The molecule has 4 aromatic rings. The number of benzene rings is 2. The van der Waals surface area contributed by atoms with Crippen LogP contribution in [0.3, 0.4) is 0 Å². The van der Waals surface area contributed by atoms with Gasteiger partial charge in [-0.3, -0.25) is 9.59 Å². The molecule has 10 heteroatoms. The fraction of sp³-hybridized carbons (Fsp3) is 0.200. The summed E-state index contributed by atoms with van der Waals surface area (Å²) >= 11 is 0. The second-order valence-electron chi connectivity index (χ2n) is 8.41. The van der Waals surface area contributed by atoms with E-state index in [2.05, 4.69) is 10.3 Å². The van der Waals surface area contributed by atoms with Gasteiger partial charge in [-0.15, -0.1) is 0 Å². The summed E-state index contributed by atoms with van der Waals surface area (Å²) in [5.74, 6) is -1.97. The van der Waals surface area contributed by atoms with Crippen molar-refractivity contribution in [3.8, 4) is 22.6 Å². The van der Waals surface area contributed by atoms with Gasteiger partial charge >= 0.3 is 0 Å². The summed E-state index contributed by atoms with van der Waals surface area (Å²) in [4.78, 5) is 24.5. The molecule has 180 valence electrons. The molecular formula is C25H23F2N5O3. The van der Waals surface area contributed by atoms with Gasteiger partial charge in [0.1, 0.15) is 34.5 Å². The number of nitrogens with zero attached hydrogens (tertiary/aromatic N) is 3. The number of carbonyl (C=O) groups excluding carboxylic acids is 2. The summed E-state index contributed by atoms with van der Waals surface area (Å²) in [6, 6.07) is 11.5. The highest BCUT2D eigenvalue weighted by Gasteiger charge is 2.22. The van der Waals surface area contributed by atoms with Crippen LogP contribution in [0.5, 0.6) is 0 Å². The Morgan fingerprint density at radius 2 is 1.77 bits per heavy atom. The van der Waals surface area contributed by atoms with Gasteiger partial charge in [0.25, 0.3) is 5.91 Å². The first kappa shape index (κ1) is 23.8. The van der Waals surface area contributed by atoms with Crippen molar-refractivity contribution in [2.24, 2.45) is 5.73 Å². The van der Waals surface area contributed by atoms with E-state index in [0.717, 1.165) is 17.7 Å². The predicted octanol–water partition coefficient (Wildman–Crippen LogP) is 4.10. The fourth-order valence-electron chi connectivity index (χ4n) is 3.77. The van der Waals surface area contributed by atoms with Crippen LogP contribution in [0.15, 0.2) is 53.1 Å². The van der Waals surface area contributed by atoms with E-state index in [1.54, 1.807) is 24.3 Å². The van der Waals surface area contributed by atoms with Crippen molar-refractivity contribution >= 4 is 17.5 Å². The molecule has 2 aromatic carbocycles. The first-order chi connectivity index (χ1) is 16.6. The van der Waals surface area contributed by atoms with Gasteiger partial charge < -0.3 is 16.0 Å². The van der Waals surface area contributed by atoms with Gasteiger partial charge in [0.15, 0.2) is 5.76 Å². The standard InChI is InChI=1S/C25H23F2N5O3/c1-13(2)32-24(28)22(25(29)34)23(30-32)15-5-3-14(4-6-15)9-18(33)11-17-12-21(35-31-17)19-8-7-16(26)10-20(19)27/h3-8,10,12-13H,9,11,28H2,1-2H3,(H2,29,34). The molecule has 0 fully saturated rings. The summed E-state index contributed by atoms with van der Waals surface area (Å²) in [5, 5.41) is 8.26. The quantitative estimate of drug-likeness (QED) is 0.391. The van der Waals surface area contributed by atoms with Gasteiger partial charge in [0, 0.05) is 30.2 Å². The van der Waals surface area contributed by atoms with Crippen LogP contribution in [-0.4, -0.2) is 26.6 Å². The largest absolute Gasteiger partial charge is 0.383 e. The van der Waals surface area contributed by atoms with Gasteiger partial charge in [-0.2, -0.15) is 5.10 Å². The van der Waals surface area contributed by atoms with E-state index in [-0.39, 0.29) is 47.4 Å². The molecule has 2 aromatic heterocycles. The Balaban J connectivity index is 1.46. The van der Waals surface area contributed by atoms with Gasteiger partial charge in [-0.25, -0.2) is 13.5 Å². The molecule has 0 radical (unpaired) electrons. The van der Waals surface area contributed by atoms with Crippen LogP contribution in [0.2, 0.25) is 0 Å². The van der Waals surface area contributed by atoms with Gasteiger partial charge in [-0.1, -0.05) is 29.4 Å². The number of hydrogen-bond acceptors (Lipinski definition) is 6. The summed E-state index contributed by atoms with van der Waals surface area (Å²) in [6.07, 6.45) is 0.105. The molecule has 1 amide bonds. The summed E-state index contributed by atoms with van der Waals surface area (Å²) in [5.41, 5.74) is 13.9. The predicted molar refractivity (Wildman–Crippen MR) is 125 cm³/mol. The van der Waals surface area contributed by atoms with E-state index >= 15 is 0 Å². The monoisotopic (exact) mass is 479 g/mol. The highest BCUT2D eigenvalue weighted by molar-refractivity contribution is 6.03. The Kier molecular flexibility index (Phi) is 6.46.